The van der Waals surface area contributed by atoms with Crippen molar-refractivity contribution in [3.63, 3.8) is 0 Å². The molecule has 7 atom stereocenters. The Kier molecular flexibility index (Phi) is 10.9. The first kappa shape index (κ1) is 31.2. The van der Waals surface area contributed by atoms with Crippen LogP contribution >= 0.6 is 11.6 Å². The van der Waals surface area contributed by atoms with Gasteiger partial charge in [0.05, 0.1) is 36.1 Å². The summed E-state index contributed by atoms with van der Waals surface area (Å²) in [5, 5.41) is 15.0. The molecule has 2 fully saturated rings. The van der Waals surface area contributed by atoms with Crippen molar-refractivity contribution in [2.24, 2.45) is 47.2 Å². The van der Waals surface area contributed by atoms with Gasteiger partial charge in [-0.3, -0.25) is 4.79 Å². The molecule has 1 aliphatic carbocycles. The predicted molar refractivity (Wildman–Crippen MR) is 158 cm³/mol. The Balaban J connectivity index is 1.35. The number of carbonyl (C=O) groups is 1. The molecule has 2 aliphatic rings. The Hall–Kier alpha value is -1.71. The third-order valence-corrected chi connectivity index (χ3v) is 9.57. The van der Waals surface area contributed by atoms with Crippen molar-refractivity contribution in [1.29, 1.82) is 0 Å². The number of hydrogen-bond acceptors (Lipinski definition) is 6. The second-order valence-corrected chi connectivity index (χ2v) is 13.2. The van der Waals surface area contributed by atoms with Crippen molar-refractivity contribution < 1.29 is 19.4 Å². The number of halogens is 1. The zero-order valence-corrected chi connectivity index (χ0v) is 25.6. The van der Waals surface area contributed by atoms with Gasteiger partial charge in [0, 0.05) is 44.8 Å². The minimum Gasteiger partial charge on any atom is -0.391 e. The van der Waals surface area contributed by atoms with Gasteiger partial charge in [0.15, 0.2) is 0 Å². The third kappa shape index (κ3) is 7.57. The van der Waals surface area contributed by atoms with Crippen LogP contribution in [0.15, 0.2) is 18.5 Å². The predicted octanol–water partition coefficient (Wildman–Crippen LogP) is 4.13. The Morgan fingerprint density at radius 1 is 1.25 bits per heavy atom. The van der Waals surface area contributed by atoms with Crippen molar-refractivity contribution in [3.8, 4) is 0 Å². The van der Waals surface area contributed by atoms with E-state index in [2.05, 4.69) is 34.7 Å². The minimum atomic E-state index is -0.750. The van der Waals surface area contributed by atoms with E-state index in [-0.39, 0.29) is 23.7 Å². The molecule has 0 aromatic carbocycles. The molecule has 8 nitrogen and oxygen atoms in total. The van der Waals surface area contributed by atoms with Crippen LogP contribution in [0.5, 0.6) is 0 Å². The van der Waals surface area contributed by atoms with Gasteiger partial charge in [0.25, 0.3) is 0 Å². The number of nitrogens with two attached hydrogens (primary N) is 1. The van der Waals surface area contributed by atoms with Gasteiger partial charge in [-0.1, -0.05) is 39.3 Å². The molecule has 3 heterocycles. The smallest absolute Gasteiger partial charge is 0.223 e. The summed E-state index contributed by atoms with van der Waals surface area (Å²) in [6.07, 6.45) is 6.74. The molecule has 40 heavy (non-hydrogen) atoms. The lowest BCUT2D eigenvalue weighted by Crippen LogP contribution is -2.43. The van der Waals surface area contributed by atoms with E-state index in [1.165, 1.54) is 0 Å². The number of nitrogens with zero attached hydrogens (tertiary/aromatic N) is 2. The maximum atomic E-state index is 13.1. The Morgan fingerprint density at radius 3 is 2.62 bits per heavy atom. The quantitative estimate of drug-likeness (QED) is 0.259. The second kappa shape index (κ2) is 14.0. The fourth-order valence-corrected chi connectivity index (χ4v) is 6.64. The number of aryl methyl sites for hydroxylation is 1. The fraction of sp³-hybridized carbons (Fsp3) is 0.742. The van der Waals surface area contributed by atoms with Gasteiger partial charge in [0.1, 0.15) is 5.82 Å². The number of pyridine rings is 1. The van der Waals surface area contributed by atoms with E-state index in [9.17, 15) is 9.90 Å². The SMILES string of the molecule is COCCCc1ncc2c(Cl)cc(C[C@@H](C[C@H](N)[C@@H](O)C[C@H](C(=O)NC[C@@H]3[C@H]4COC[C@@H]34)C(C)C)C(C)C)cn12. The summed E-state index contributed by atoms with van der Waals surface area (Å²) < 4.78 is 12.8. The number of rotatable bonds is 16. The lowest BCUT2D eigenvalue weighted by Gasteiger charge is -2.30. The van der Waals surface area contributed by atoms with E-state index >= 15 is 0 Å². The number of amides is 1. The first-order valence-corrected chi connectivity index (χ1v) is 15.4. The van der Waals surface area contributed by atoms with Crippen LogP contribution in [0, 0.1) is 41.4 Å². The minimum absolute atomic E-state index is 0.0251. The molecule has 1 aliphatic heterocycles. The number of aliphatic hydroxyl groups excluding tert-OH is 1. The van der Waals surface area contributed by atoms with Gasteiger partial charge in [0.2, 0.25) is 5.91 Å². The summed E-state index contributed by atoms with van der Waals surface area (Å²) in [6.45, 7) is 11.5. The Labute approximate surface area is 244 Å². The molecule has 1 amide bonds. The molecule has 4 rings (SSSR count). The monoisotopic (exact) mass is 576 g/mol. The molecular weight excluding hydrogens is 528 g/mol. The maximum absolute atomic E-state index is 13.1. The number of methoxy groups -OCH3 is 1. The Morgan fingerprint density at radius 2 is 1.98 bits per heavy atom. The molecule has 224 valence electrons. The summed E-state index contributed by atoms with van der Waals surface area (Å²) >= 11 is 6.65. The number of fused-ring (bicyclic) bond motifs is 2. The van der Waals surface area contributed by atoms with Crippen LogP contribution in [0.3, 0.4) is 0 Å². The van der Waals surface area contributed by atoms with E-state index in [4.69, 9.17) is 26.8 Å². The highest BCUT2D eigenvalue weighted by molar-refractivity contribution is 6.33. The summed E-state index contributed by atoms with van der Waals surface area (Å²) in [5.74, 6) is 3.22. The molecule has 2 aromatic heterocycles. The van der Waals surface area contributed by atoms with Gasteiger partial charge in [-0.2, -0.15) is 0 Å². The standard InChI is InChI=1S/C31H49ClN4O4/c1-18(2)21(9-20-10-26(32)28-14-34-30(36(28)15-20)7-6-8-39-5)11-27(33)29(37)12-22(19(3)4)31(38)35-13-23-24-16-40-17-25(23)24/h10,14-15,18-19,21-25,27,29,37H,6-9,11-13,16-17,33H2,1-5H3,(H,35,38)/t21-,22-,23-,24-,25+,27-,29-/m0/s1. The fourth-order valence-electron chi connectivity index (χ4n) is 6.36. The molecule has 2 aromatic rings. The van der Waals surface area contributed by atoms with Crippen molar-refractivity contribution in [2.75, 3.05) is 33.5 Å². The summed E-state index contributed by atoms with van der Waals surface area (Å²) in [4.78, 5) is 17.7. The van der Waals surface area contributed by atoms with Crippen molar-refractivity contribution >= 4 is 23.0 Å². The number of aliphatic hydroxyl groups is 1. The Bertz CT molecular complexity index is 1110. The highest BCUT2D eigenvalue weighted by atomic mass is 35.5. The van der Waals surface area contributed by atoms with Gasteiger partial charge in [-0.15, -0.1) is 0 Å². The van der Waals surface area contributed by atoms with E-state index in [0.29, 0.717) is 54.7 Å². The van der Waals surface area contributed by atoms with Crippen molar-refractivity contribution in [2.45, 2.75) is 71.9 Å². The van der Waals surface area contributed by atoms with Crippen LogP contribution in [0.25, 0.3) is 5.52 Å². The first-order chi connectivity index (χ1) is 19.1. The van der Waals surface area contributed by atoms with E-state index in [1.54, 1.807) is 7.11 Å². The van der Waals surface area contributed by atoms with E-state index in [0.717, 1.165) is 49.4 Å². The van der Waals surface area contributed by atoms with Gasteiger partial charge < -0.3 is 30.0 Å². The molecule has 0 unspecified atom stereocenters. The van der Waals surface area contributed by atoms with E-state index in [1.807, 2.05) is 26.1 Å². The third-order valence-electron chi connectivity index (χ3n) is 9.26. The molecule has 9 heteroatoms. The van der Waals surface area contributed by atoms with Crippen LogP contribution in [0.2, 0.25) is 5.02 Å². The average molecular weight is 577 g/mol. The van der Waals surface area contributed by atoms with Crippen LogP contribution in [-0.2, 0) is 27.1 Å². The van der Waals surface area contributed by atoms with Crippen LogP contribution in [0.1, 0.15) is 58.3 Å². The topological polar surface area (TPSA) is 111 Å². The highest BCUT2D eigenvalue weighted by Crippen LogP contribution is 2.50. The number of aromatic nitrogens is 2. The highest BCUT2D eigenvalue weighted by Gasteiger charge is 2.53. The normalized spacial score (nSPS) is 23.4. The molecule has 4 N–H and O–H groups in total. The molecule has 0 radical (unpaired) electrons. The summed E-state index contributed by atoms with van der Waals surface area (Å²) in [6, 6.07) is 1.60. The molecule has 0 spiro atoms. The average Bonchev–Trinajstić information content (AvgIpc) is 3.21. The van der Waals surface area contributed by atoms with Crippen LogP contribution < -0.4 is 11.1 Å². The van der Waals surface area contributed by atoms with Gasteiger partial charge >= 0.3 is 0 Å². The number of hydrogen-bond donors (Lipinski definition) is 3. The van der Waals surface area contributed by atoms with Crippen molar-refractivity contribution in [1.82, 2.24) is 14.7 Å². The molecule has 0 bridgehead atoms. The van der Waals surface area contributed by atoms with Gasteiger partial charge in [-0.25, -0.2) is 4.98 Å². The second-order valence-electron chi connectivity index (χ2n) is 12.8. The zero-order valence-electron chi connectivity index (χ0n) is 24.8. The largest absolute Gasteiger partial charge is 0.391 e. The van der Waals surface area contributed by atoms with Crippen LogP contribution in [0.4, 0.5) is 0 Å². The molecule has 1 saturated heterocycles. The number of carbonyl (C=O) groups excluding carboxylic acids is 1. The zero-order chi connectivity index (χ0) is 29.0. The first-order valence-electron chi connectivity index (χ1n) is 15.0. The van der Waals surface area contributed by atoms with Gasteiger partial charge in [-0.05, 0) is 72.8 Å². The molecular formula is C31H49ClN4O4. The van der Waals surface area contributed by atoms with Crippen molar-refractivity contribution in [3.05, 3.63) is 34.9 Å². The maximum Gasteiger partial charge on any atom is 0.223 e. The lowest BCUT2D eigenvalue weighted by molar-refractivity contribution is -0.127. The summed E-state index contributed by atoms with van der Waals surface area (Å²) in [7, 11) is 1.71. The number of imidazole rings is 1. The summed E-state index contributed by atoms with van der Waals surface area (Å²) in [5.41, 5.74) is 8.63. The van der Waals surface area contributed by atoms with E-state index < -0.39 is 12.1 Å². The lowest BCUT2D eigenvalue weighted by atomic mass is 9.81. The number of ether oxygens (including phenoxy) is 2. The molecule has 1 saturated carbocycles. The number of nitrogens with one attached hydrogen (secondary N) is 1. The van der Waals surface area contributed by atoms with Crippen LogP contribution in [-0.4, -0.2) is 66.0 Å².